The second-order valence-electron chi connectivity index (χ2n) is 14.6. The van der Waals surface area contributed by atoms with Gasteiger partial charge >= 0.3 is 0 Å². The number of aliphatic imine (C=N–C) groups is 2. The Kier molecular flexibility index (Phi) is 7.30. The van der Waals surface area contributed by atoms with E-state index in [4.69, 9.17) is 9.98 Å². The minimum Gasteiger partial charge on any atom is -0.344 e. The summed E-state index contributed by atoms with van der Waals surface area (Å²) in [6.45, 7) is 0. The number of rotatable bonds is 5. The first-order valence-corrected chi connectivity index (χ1v) is 20.8. The van der Waals surface area contributed by atoms with Crippen LogP contribution in [0.15, 0.2) is 192 Å². The number of amidine groups is 2. The highest BCUT2D eigenvalue weighted by atomic mass is 32.1. The zero-order valence-corrected chi connectivity index (χ0v) is 32.2. The van der Waals surface area contributed by atoms with Crippen molar-refractivity contribution in [3.05, 3.63) is 199 Å². The van der Waals surface area contributed by atoms with E-state index in [-0.39, 0.29) is 6.17 Å². The zero-order chi connectivity index (χ0) is 37.5. The van der Waals surface area contributed by atoms with E-state index < -0.39 is 0 Å². The third-order valence-corrected chi connectivity index (χ3v) is 13.7. The van der Waals surface area contributed by atoms with Gasteiger partial charge < -0.3 is 9.88 Å². The second kappa shape index (κ2) is 12.8. The highest BCUT2D eigenvalue weighted by Crippen LogP contribution is 2.47. The van der Waals surface area contributed by atoms with Crippen molar-refractivity contribution in [2.45, 2.75) is 6.17 Å². The van der Waals surface area contributed by atoms with Crippen molar-refractivity contribution < 1.29 is 0 Å². The maximum absolute atomic E-state index is 5.24. The van der Waals surface area contributed by atoms with Crippen molar-refractivity contribution in [2.24, 2.45) is 9.98 Å². The molecule has 1 aliphatic heterocycles. The quantitative estimate of drug-likeness (QED) is 0.186. The van der Waals surface area contributed by atoms with E-state index in [0.29, 0.717) is 5.84 Å². The number of nitrogens with one attached hydrogen (secondary N) is 1. The number of para-hydroxylation sites is 1. The van der Waals surface area contributed by atoms with Crippen LogP contribution in [-0.2, 0) is 0 Å². The summed E-state index contributed by atoms with van der Waals surface area (Å²) in [4.78, 5) is 10.4. The number of fused-ring (bicyclic) bond motifs is 9. The molecular weight excluding hydrogens is 733 g/mol. The van der Waals surface area contributed by atoms with Gasteiger partial charge in [-0.2, -0.15) is 0 Å². The Balaban J connectivity index is 1.12. The van der Waals surface area contributed by atoms with E-state index in [2.05, 4.69) is 180 Å². The van der Waals surface area contributed by atoms with Gasteiger partial charge in [-0.1, -0.05) is 146 Å². The molecule has 268 valence electrons. The standard InChI is InChI=1S/C51H32N4S2/c1-3-14-31(15-4-1)49-52-50(32-16-5-2-6-17-32)54-51(53-49)33-26-27-36-35-18-7-10-23-43(35)55(44(36)28-33)34-29-41-38-20-9-12-25-46(38)57-48(41)42(30-34)40-22-13-21-39-37-19-8-11-24-45(37)56-47(39)40/h1-30,49H,(H,52,53,54). The lowest BCUT2D eigenvalue weighted by molar-refractivity contribution is 0.674. The van der Waals surface area contributed by atoms with Crippen LogP contribution in [0, 0.1) is 0 Å². The topological polar surface area (TPSA) is 41.7 Å². The number of hydrogen-bond donors (Lipinski definition) is 1. The van der Waals surface area contributed by atoms with Crippen LogP contribution in [0.4, 0.5) is 0 Å². The molecule has 8 aromatic carbocycles. The average molecular weight is 765 g/mol. The van der Waals surface area contributed by atoms with Crippen molar-refractivity contribution in [1.82, 2.24) is 9.88 Å². The Bertz CT molecular complexity index is 3440. The maximum atomic E-state index is 5.24. The lowest BCUT2D eigenvalue weighted by atomic mass is 9.99. The van der Waals surface area contributed by atoms with Gasteiger partial charge in [0.25, 0.3) is 0 Å². The normalized spacial score (nSPS) is 14.5. The lowest BCUT2D eigenvalue weighted by Crippen LogP contribution is -2.33. The molecule has 1 aliphatic rings. The van der Waals surface area contributed by atoms with Gasteiger partial charge in [-0.25, -0.2) is 9.98 Å². The van der Waals surface area contributed by atoms with Crippen molar-refractivity contribution in [1.29, 1.82) is 0 Å². The van der Waals surface area contributed by atoms with Gasteiger partial charge in [-0.05, 0) is 42.0 Å². The molecule has 11 aromatic rings. The second-order valence-corrected chi connectivity index (χ2v) is 16.7. The summed E-state index contributed by atoms with van der Waals surface area (Å²) in [6.07, 6.45) is -0.274. The SMILES string of the molecule is c1ccc(C2=NC(c3ccc4c5ccccc5n(-c5cc(-c6cccc7c6sc6ccccc67)c6sc7ccccc7c6c5)c4c3)=NC(c3ccccc3)N2)cc1. The summed E-state index contributed by atoms with van der Waals surface area (Å²) < 4.78 is 7.69. The molecule has 0 spiro atoms. The van der Waals surface area contributed by atoms with Gasteiger partial charge in [0.2, 0.25) is 0 Å². The molecule has 0 bridgehead atoms. The van der Waals surface area contributed by atoms with E-state index in [1.165, 1.54) is 62.2 Å². The molecule has 0 saturated heterocycles. The van der Waals surface area contributed by atoms with E-state index >= 15 is 0 Å². The van der Waals surface area contributed by atoms with E-state index in [9.17, 15) is 0 Å². The monoisotopic (exact) mass is 764 g/mol. The smallest absolute Gasteiger partial charge is 0.159 e. The predicted octanol–water partition coefficient (Wildman–Crippen LogP) is 13.7. The van der Waals surface area contributed by atoms with Gasteiger partial charge in [0.05, 0.1) is 11.0 Å². The molecule has 0 amide bonds. The van der Waals surface area contributed by atoms with Crippen LogP contribution in [0.3, 0.4) is 0 Å². The van der Waals surface area contributed by atoms with Crippen LogP contribution in [0.2, 0.25) is 0 Å². The fourth-order valence-electron chi connectivity index (χ4n) is 8.62. The minimum absolute atomic E-state index is 0.274. The number of aromatic nitrogens is 1. The van der Waals surface area contributed by atoms with Crippen molar-refractivity contribution in [3.8, 4) is 16.8 Å². The van der Waals surface area contributed by atoms with Crippen LogP contribution in [0.5, 0.6) is 0 Å². The lowest BCUT2D eigenvalue weighted by Gasteiger charge is -2.23. The van der Waals surface area contributed by atoms with Crippen molar-refractivity contribution in [3.63, 3.8) is 0 Å². The Hall–Kier alpha value is -6.86. The molecule has 4 nitrogen and oxygen atoms in total. The number of nitrogens with zero attached hydrogens (tertiary/aromatic N) is 3. The first kappa shape index (κ1) is 32.4. The van der Waals surface area contributed by atoms with Gasteiger partial charge in [0.1, 0.15) is 12.0 Å². The minimum atomic E-state index is -0.274. The molecule has 1 unspecified atom stereocenters. The van der Waals surface area contributed by atoms with Gasteiger partial charge in [0.15, 0.2) is 5.84 Å². The first-order valence-electron chi connectivity index (χ1n) is 19.2. The Morgan fingerprint density at radius 3 is 1.88 bits per heavy atom. The fourth-order valence-corrected chi connectivity index (χ4v) is 11.1. The highest BCUT2D eigenvalue weighted by molar-refractivity contribution is 7.27. The number of thiophene rings is 2. The van der Waals surface area contributed by atoms with Gasteiger partial charge in [-0.15, -0.1) is 22.7 Å². The third-order valence-electron chi connectivity index (χ3n) is 11.3. The van der Waals surface area contributed by atoms with Crippen LogP contribution in [0.1, 0.15) is 22.9 Å². The van der Waals surface area contributed by atoms with Crippen LogP contribution in [0.25, 0.3) is 79.0 Å². The Labute approximate surface area is 336 Å². The van der Waals surface area contributed by atoms with Crippen LogP contribution < -0.4 is 5.32 Å². The summed E-state index contributed by atoms with van der Waals surface area (Å²) >= 11 is 3.78. The molecule has 4 heterocycles. The van der Waals surface area contributed by atoms with Crippen molar-refractivity contribution in [2.75, 3.05) is 0 Å². The molecule has 1 N–H and O–H groups in total. The molecule has 3 aromatic heterocycles. The summed E-state index contributed by atoms with van der Waals surface area (Å²) in [5.74, 6) is 1.52. The molecular formula is C51H32N4S2. The summed E-state index contributed by atoms with van der Waals surface area (Å²) in [7, 11) is 0. The Morgan fingerprint density at radius 1 is 0.456 bits per heavy atom. The molecule has 0 saturated carbocycles. The van der Waals surface area contributed by atoms with E-state index in [0.717, 1.165) is 39.2 Å². The summed E-state index contributed by atoms with van der Waals surface area (Å²) in [6, 6.07) is 65.5. The molecule has 1 atom stereocenters. The average Bonchev–Trinajstić information content (AvgIpc) is 3.96. The van der Waals surface area contributed by atoms with Gasteiger partial charge in [0, 0.05) is 79.1 Å². The molecule has 0 aliphatic carbocycles. The van der Waals surface area contributed by atoms with Crippen LogP contribution in [-0.4, -0.2) is 16.2 Å². The third kappa shape index (κ3) is 5.18. The largest absolute Gasteiger partial charge is 0.344 e. The summed E-state index contributed by atoms with van der Waals surface area (Å²) in [5, 5.41) is 11.2. The van der Waals surface area contributed by atoms with Gasteiger partial charge in [-0.3, -0.25) is 0 Å². The molecule has 0 radical (unpaired) electrons. The first-order chi connectivity index (χ1) is 28.2. The predicted molar refractivity (Wildman–Crippen MR) is 244 cm³/mol. The maximum Gasteiger partial charge on any atom is 0.159 e. The van der Waals surface area contributed by atoms with Crippen LogP contribution >= 0.6 is 22.7 Å². The molecule has 0 fully saturated rings. The molecule has 57 heavy (non-hydrogen) atoms. The Morgan fingerprint density at radius 2 is 1.09 bits per heavy atom. The van der Waals surface area contributed by atoms with E-state index in [1.54, 1.807) is 0 Å². The van der Waals surface area contributed by atoms with E-state index in [1.807, 2.05) is 34.8 Å². The zero-order valence-electron chi connectivity index (χ0n) is 30.6. The van der Waals surface area contributed by atoms with Crippen molar-refractivity contribution >= 4 is 96.5 Å². The number of hydrogen-bond acceptors (Lipinski definition) is 5. The fraction of sp³-hybridized carbons (Fsp3) is 0.0196. The molecule has 12 rings (SSSR count). The highest BCUT2D eigenvalue weighted by Gasteiger charge is 2.23. The summed E-state index contributed by atoms with van der Waals surface area (Å²) in [5.41, 5.74) is 9.03. The molecule has 6 heteroatoms. The number of benzene rings is 8.